The Morgan fingerprint density at radius 3 is 2.38 bits per heavy atom. The van der Waals surface area contributed by atoms with Gasteiger partial charge < -0.3 is 10.1 Å². The number of hydrogen-bond donors (Lipinski definition) is 1. The Bertz CT molecular complexity index is 162. The van der Waals surface area contributed by atoms with E-state index in [0.29, 0.717) is 6.10 Å². The van der Waals surface area contributed by atoms with Crippen LogP contribution >= 0.6 is 0 Å². The van der Waals surface area contributed by atoms with Gasteiger partial charge in [0.05, 0.1) is 6.10 Å². The highest BCUT2D eigenvalue weighted by molar-refractivity contribution is 4.77. The number of rotatable bonds is 7. The zero-order chi connectivity index (χ0) is 11.8. The second-order valence-electron chi connectivity index (χ2n) is 5.55. The summed E-state index contributed by atoms with van der Waals surface area (Å²) in [6.07, 6.45) is 9.67. The lowest BCUT2D eigenvalue weighted by Crippen LogP contribution is -2.35. The maximum Gasteiger partial charge on any atom is 0.0572 e. The highest BCUT2D eigenvalue weighted by Gasteiger charge is 2.19. The zero-order valence-corrected chi connectivity index (χ0v) is 11.3. The SMILES string of the molecule is COC1CCC(NCCCCC(C)C)CC1. The topological polar surface area (TPSA) is 21.3 Å². The van der Waals surface area contributed by atoms with Crippen LogP contribution < -0.4 is 5.32 Å². The van der Waals surface area contributed by atoms with Gasteiger partial charge in [0, 0.05) is 13.2 Å². The molecule has 0 aromatic heterocycles. The lowest BCUT2D eigenvalue weighted by Gasteiger charge is -2.28. The largest absolute Gasteiger partial charge is 0.381 e. The van der Waals surface area contributed by atoms with E-state index in [1.807, 2.05) is 7.11 Å². The smallest absolute Gasteiger partial charge is 0.0572 e. The van der Waals surface area contributed by atoms with Gasteiger partial charge in [0.15, 0.2) is 0 Å². The van der Waals surface area contributed by atoms with Crippen LogP contribution in [0, 0.1) is 5.92 Å². The van der Waals surface area contributed by atoms with Gasteiger partial charge in [-0.1, -0.05) is 26.7 Å². The molecule has 0 atom stereocenters. The highest BCUT2D eigenvalue weighted by Crippen LogP contribution is 2.20. The van der Waals surface area contributed by atoms with E-state index in [1.54, 1.807) is 0 Å². The summed E-state index contributed by atoms with van der Waals surface area (Å²) in [7, 11) is 1.84. The average molecular weight is 227 g/mol. The standard InChI is InChI=1S/C14H29NO/c1-12(2)6-4-5-11-15-13-7-9-14(16-3)10-8-13/h12-15H,4-11H2,1-3H3. The van der Waals surface area contributed by atoms with Crippen LogP contribution in [0.15, 0.2) is 0 Å². The van der Waals surface area contributed by atoms with Gasteiger partial charge in [-0.2, -0.15) is 0 Å². The highest BCUT2D eigenvalue weighted by atomic mass is 16.5. The monoisotopic (exact) mass is 227 g/mol. The Morgan fingerprint density at radius 1 is 1.12 bits per heavy atom. The lowest BCUT2D eigenvalue weighted by atomic mass is 9.93. The third-order valence-electron chi connectivity index (χ3n) is 3.65. The molecule has 0 saturated heterocycles. The van der Waals surface area contributed by atoms with Crippen molar-refractivity contribution in [3.05, 3.63) is 0 Å². The van der Waals surface area contributed by atoms with Crippen molar-refractivity contribution in [1.82, 2.24) is 5.32 Å². The molecule has 0 aromatic carbocycles. The van der Waals surface area contributed by atoms with Crippen molar-refractivity contribution in [2.24, 2.45) is 5.92 Å². The van der Waals surface area contributed by atoms with Crippen LogP contribution in [0.4, 0.5) is 0 Å². The van der Waals surface area contributed by atoms with E-state index < -0.39 is 0 Å². The molecule has 1 fully saturated rings. The van der Waals surface area contributed by atoms with Gasteiger partial charge in [-0.25, -0.2) is 0 Å². The summed E-state index contributed by atoms with van der Waals surface area (Å²) in [5.74, 6) is 0.858. The van der Waals surface area contributed by atoms with E-state index in [9.17, 15) is 0 Å². The van der Waals surface area contributed by atoms with Gasteiger partial charge >= 0.3 is 0 Å². The molecule has 0 aliphatic heterocycles. The molecule has 0 aromatic rings. The van der Waals surface area contributed by atoms with Gasteiger partial charge in [0.2, 0.25) is 0 Å². The Balaban J connectivity index is 1.94. The molecule has 2 heteroatoms. The molecule has 2 nitrogen and oxygen atoms in total. The first-order valence-electron chi connectivity index (χ1n) is 6.98. The van der Waals surface area contributed by atoms with E-state index in [1.165, 1.54) is 51.5 Å². The first kappa shape index (κ1) is 14.0. The third kappa shape index (κ3) is 5.86. The Morgan fingerprint density at radius 2 is 1.81 bits per heavy atom. The van der Waals surface area contributed by atoms with E-state index in [2.05, 4.69) is 19.2 Å². The molecule has 0 bridgehead atoms. The summed E-state index contributed by atoms with van der Waals surface area (Å²) in [6.45, 7) is 5.81. The first-order chi connectivity index (χ1) is 7.72. The average Bonchev–Trinajstić information content (AvgIpc) is 2.29. The van der Waals surface area contributed by atoms with E-state index in [4.69, 9.17) is 4.74 Å². The Kier molecular flexibility index (Phi) is 7.06. The maximum atomic E-state index is 5.38. The van der Waals surface area contributed by atoms with Gasteiger partial charge in [-0.3, -0.25) is 0 Å². The molecule has 1 saturated carbocycles. The maximum absolute atomic E-state index is 5.38. The van der Waals surface area contributed by atoms with Crippen molar-refractivity contribution >= 4 is 0 Å². The molecule has 1 N–H and O–H groups in total. The van der Waals surface area contributed by atoms with Crippen LogP contribution in [-0.2, 0) is 4.74 Å². The summed E-state index contributed by atoms with van der Waals surface area (Å²) in [6, 6.07) is 0.755. The molecule has 0 amide bonds. The van der Waals surface area contributed by atoms with E-state index in [-0.39, 0.29) is 0 Å². The van der Waals surface area contributed by atoms with Crippen molar-refractivity contribution in [2.75, 3.05) is 13.7 Å². The minimum absolute atomic E-state index is 0.527. The fraction of sp³-hybridized carbons (Fsp3) is 1.00. The fourth-order valence-electron chi connectivity index (χ4n) is 2.49. The Hall–Kier alpha value is -0.0800. The van der Waals surface area contributed by atoms with Crippen LogP contribution in [0.25, 0.3) is 0 Å². The predicted octanol–water partition coefficient (Wildman–Crippen LogP) is 3.36. The fourth-order valence-corrected chi connectivity index (χ4v) is 2.49. The van der Waals surface area contributed by atoms with Gasteiger partial charge in [0.1, 0.15) is 0 Å². The van der Waals surface area contributed by atoms with E-state index >= 15 is 0 Å². The molecule has 0 heterocycles. The number of ether oxygens (including phenoxy) is 1. The van der Waals surface area contributed by atoms with Crippen LogP contribution in [0.3, 0.4) is 0 Å². The molecular weight excluding hydrogens is 198 g/mol. The second-order valence-corrected chi connectivity index (χ2v) is 5.55. The molecule has 0 radical (unpaired) electrons. The summed E-state index contributed by atoms with van der Waals surface area (Å²) in [5.41, 5.74) is 0. The molecule has 1 aliphatic rings. The Labute approximate surface area is 101 Å². The molecule has 96 valence electrons. The molecule has 1 aliphatic carbocycles. The van der Waals surface area contributed by atoms with Crippen molar-refractivity contribution < 1.29 is 4.74 Å². The van der Waals surface area contributed by atoms with Crippen molar-refractivity contribution in [3.63, 3.8) is 0 Å². The first-order valence-corrected chi connectivity index (χ1v) is 6.98. The minimum Gasteiger partial charge on any atom is -0.381 e. The quantitative estimate of drug-likeness (QED) is 0.673. The molecule has 0 unspecified atom stereocenters. The summed E-state index contributed by atoms with van der Waals surface area (Å²) < 4.78 is 5.38. The summed E-state index contributed by atoms with van der Waals surface area (Å²) >= 11 is 0. The molecule has 0 spiro atoms. The van der Waals surface area contributed by atoms with Gasteiger partial charge in [-0.15, -0.1) is 0 Å². The van der Waals surface area contributed by atoms with Gasteiger partial charge in [-0.05, 0) is 44.6 Å². The van der Waals surface area contributed by atoms with E-state index in [0.717, 1.165) is 12.0 Å². The molecule has 16 heavy (non-hydrogen) atoms. The predicted molar refractivity (Wildman–Crippen MR) is 69.7 cm³/mol. The van der Waals surface area contributed by atoms with Crippen LogP contribution in [0.1, 0.15) is 58.8 Å². The second kappa shape index (κ2) is 8.08. The van der Waals surface area contributed by atoms with Crippen LogP contribution in [0.2, 0.25) is 0 Å². The number of methoxy groups -OCH3 is 1. The number of nitrogens with one attached hydrogen (secondary N) is 1. The number of unbranched alkanes of at least 4 members (excludes halogenated alkanes) is 1. The minimum atomic E-state index is 0.527. The lowest BCUT2D eigenvalue weighted by molar-refractivity contribution is 0.0625. The normalized spacial score (nSPS) is 26.2. The van der Waals surface area contributed by atoms with Crippen molar-refractivity contribution in [1.29, 1.82) is 0 Å². The van der Waals surface area contributed by atoms with Crippen LogP contribution in [0.5, 0.6) is 0 Å². The third-order valence-corrected chi connectivity index (χ3v) is 3.65. The van der Waals surface area contributed by atoms with Gasteiger partial charge in [0.25, 0.3) is 0 Å². The molecular formula is C14H29NO. The van der Waals surface area contributed by atoms with Crippen molar-refractivity contribution in [3.8, 4) is 0 Å². The number of hydrogen-bond acceptors (Lipinski definition) is 2. The zero-order valence-electron chi connectivity index (χ0n) is 11.3. The summed E-state index contributed by atoms with van der Waals surface area (Å²) in [4.78, 5) is 0. The summed E-state index contributed by atoms with van der Waals surface area (Å²) in [5, 5.41) is 3.68. The van der Waals surface area contributed by atoms with Crippen molar-refractivity contribution in [2.45, 2.75) is 70.9 Å². The van der Waals surface area contributed by atoms with Crippen LogP contribution in [-0.4, -0.2) is 25.8 Å². The molecule has 1 rings (SSSR count).